The first kappa shape index (κ1) is 19.9. The van der Waals surface area contributed by atoms with Crippen molar-refractivity contribution < 1.29 is 4.79 Å². The first-order chi connectivity index (χ1) is 13.0. The Morgan fingerprint density at radius 2 is 2.19 bits per heavy atom. The minimum absolute atomic E-state index is 0.0203. The van der Waals surface area contributed by atoms with E-state index >= 15 is 0 Å². The first-order valence-electron chi connectivity index (χ1n) is 8.58. The molecule has 0 fully saturated rings. The Hall–Kier alpha value is -1.83. The Morgan fingerprint density at radius 1 is 1.37 bits per heavy atom. The van der Waals surface area contributed by atoms with Crippen LogP contribution in [0.15, 0.2) is 47.2 Å². The van der Waals surface area contributed by atoms with Gasteiger partial charge < -0.3 is 5.32 Å². The molecule has 0 aliphatic carbocycles. The number of nitrogens with one attached hydrogen (secondary N) is 1. The summed E-state index contributed by atoms with van der Waals surface area (Å²) in [6.45, 7) is 6.17. The SMILES string of the molecule is Cc1ccc(-n2cnnc2SCC(=O)NC(c2cccs2)C(C)C)cc1Cl. The molecule has 1 atom stereocenters. The molecule has 0 aliphatic heterocycles. The number of benzene rings is 1. The van der Waals surface area contributed by atoms with Gasteiger partial charge >= 0.3 is 0 Å². The maximum Gasteiger partial charge on any atom is 0.230 e. The lowest BCUT2D eigenvalue weighted by Crippen LogP contribution is -2.32. The van der Waals surface area contributed by atoms with Crippen LogP contribution < -0.4 is 5.32 Å². The maximum absolute atomic E-state index is 12.5. The van der Waals surface area contributed by atoms with E-state index in [1.54, 1.807) is 17.7 Å². The highest BCUT2D eigenvalue weighted by Crippen LogP contribution is 2.27. The summed E-state index contributed by atoms with van der Waals surface area (Å²) in [6.07, 6.45) is 1.63. The number of aryl methyl sites for hydroxylation is 1. The predicted molar refractivity (Wildman–Crippen MR) is 112 cm³/mol. The number of aromatic nitrogens is 3. The van der Waals surface area contributed by atoms with Crippen LogP contribution in [0, 0.1) is 12.8 Å². The highest BCUT2D eigenvalue weighted by Gasteiger charge is 2.20. The summed E-state index contributed by atoms with van der Waals surface area (Å²) in [5, 5.41) is 14.6. The number of rotatable bonds is 7. The lowest BCUT2D eigenvalue weighted by molar-refractivity contribution is -0.119. The number of nitrogens with zero attached hydrogens (tertiary/aromatic N) is 3. The zero-order valence-corrected chi connectivity index (χ0v) is 17.7. The summed E-state index contributed by atoms with van der Waals surface area (Å²) in [6, 6.07) is 9.86. The summed E-state index contributed by atoms with van der Waals surface area (Å²) in [7, 11) is 0. The zero-order valence-electron chi connectivity index (χ0n) is 15.3. The third kappa shape index (κ3) is 4.91. The molecule has 3 rings (SSSR count). The Balaban J connectivity index is 1.66. The van der Waals surface area contributed by atoms with Crippen molar-refractivity contribution in [3.05, 3.63) is 57.5 Å². The minimum atomic E-state index is -0.0245. The molecule has 3 aromatic rings. The molecule has 0 saturated heterocycles. The Kier molecular flexibility index (Phi) is 6.57. The average Bonchev–Trinajstić information content (AvgIpc) is 3.31. The van der Waals surface area contributed by atoms with Crippen LogP contribution in [0.5, 0.6) is 0 Å². The smallest absolute Gasteiger partial charge is 0.230 e. The Labute approximate surface area is 172 Å². The molecule has 0 saturated carbocycles. The van der Waals surface area contributed by atoms with Crippen LogP contribution in [-0.4, -0.2) is 26.4 Å². The van der Waals surface area contributed by atoms with Gasteiger partial charge in [0.15, 0.2) is 5.16 Å². The number of hydrogen-bond donors (Lipinski definition) is 1. The fourth-order valence-electron chi connectivity index (χ4n) is 2.61. The van der Waals surface area contributed by atoms with Gasteiger partial charge in [0.05, 0.1) is 17.5 Å². The van der Waals surface area contributed by atoms with Crippen LogP contribution in [0.2, 0.25) is 5.02 Å². The second kappa shape index (κ2) is 8.91. The molecule has 0 spiro atoms. The fraction of sp³-hybridized carbons (Fsp3) is 0.316. The van der Waals surface area contributed by atoms with Crippen molar-refractivity contribution in [2.45, 2.75) is 32.0 Å². The molecule has 0 aliphatic rings. The van der Waals surface area contributed by atoms with Gasteiger partial charge in [-0.1, -0.05) is 49.3 Å². The molecular weight excluding hydrogens is 400 g/mol. The van der Waals surface area contributed by atoms with E-state index < -0.39 is 0 Å². The van der Waals surface area contributed by atoms with Gasteiger partial charge in [-0.05, 0) is 42.0 Å². The van der Waals surface area contributed by atoms with Crippen LogP contribution >= 0.6 is 34.7 Å². The van der Waals surface area contributed by atoms with Crippen molar-refractivity contribution in [2.75, 3.05) is 5.75 Å². The molecule has 2 aromatic heterocycles. The molecule has 1 N–H and O–H groups in total. The molecule has 1 unspecified atom stereocenters. The van der Waals surface area contributed by atoms with Crippen molar-refractivity contribution in [2.24, 2.45) is 5.92 Å². The topological polar surface area (TPSA) is 59.8 Å². The fourth-order valence-corrected chi connectivity index (χ4v) is 4.48. The van der Waals surface area contributed by atoms with Gasteiger partial charge in [-0.3, -0.25) is 9.36 Å². The summed E-state index contributed by atoms with van der Waals surface area (Å²) in [4.78, 5) is 13.7. The number of thioether (sulfide) groups is 1. The van der Waals surface area contributed by atoms with E-state index in [0.29, 0.717) is 16.1 Å². The highest BCUT2D eigenvalue weighted by molar-refractivity contribution is 7.99. The van der Waals surface area contributed by atoms with Crippen LogP contribution in [-0.2, 0) is 4.79 Å². The van der Waals surface area contributed by atoms with Crippen molar-refractivity contribution in [3.8, 4) is 5.69 Å². The van der Waals surface area contributed by atoms with E-state index in [1.807, 2.05) is 41.1 Å². The molecule has 142 valence electrons. The molecule has 1 amide bonds. The Morgan fingerprint density at radius 3 is 2.85 bits per heavy atom. The molecule has 5 nitrogen and oxygen atoms in total. The number of halogens is 1. The molecule has 0 bridgehead atoms. The van der Waals surface area contributed by atoms with E-state index in [0.717, 1.165) is 11.3 Å². The largest absolute Gasteiger partial charge is 0.347 e. The number of thiophene rings is 1. The summed E-state index contributed by atoms with van der Waals surface area (Å²) >= 11 is 9.24. The van der Waals surface area contributed by atoms with Crippen molar-refractivity contribution in [1.82, 2.24) is 20.1 Å². The van der Waals surface area contributed by atoms with Gasteiger partial charge in [-0.25, -0.2) is 0 Å². The third-order valence-electron chi connectivity index (χ3n) is 4.12. The second-order valence-electron chi connectivity index (χ2n) is 6.51. The minimum Gasteiger partial charge on any atom is -0.347 e. The van der Waals surface area contributed by atoms with Crippen LogP contribution in [0.1, 0.15) is 30.3 Å². The molecule has 2 heterocycles. The molecule has 1 aromatic carbocycles. The summed E-state index contributed by atoms with van der Waals surface area (Å²) in [5.41, 5.74) is 1.88. The molecular formula is C19H21ClN4OS2. The standard InChI is InChI=1S/C19H21ClN4OS2/c1-12(2)18(16-5-4-8-26-16)22-17(25)10-27-19-23-21-11-24(19)14-7-6-13(3)15(20)9-14/h4-9,11-12,18H,10H2,1-3H3,(H,22,25). The van der Waals surface area contributed by atoms with Crippen LogP contribution in [0.4, 0.5) is 0 Å². The van der Waals surface area contributed by atoms with Gasteiger partial charge in [-0.15, -0.1) is 21.5 Å². The van der Waals surface area contributed by atoms with Gasteiger partial charge in [0.2, 0.25) is 5.91 Å². The van der Waals surface area contributed by atoms with Crippen molar-refractivity contribution in [3.63, 3.8) is 0 Å². The van der Waals surface area contributed by atoms with Crippen LogP contribution in [0.3, 0.4) is 0 Å². The maximum atomic E-state index is 12.5. The van der Waals surface area contributed by atoms with Gasteiger partial charge in [0.1, 0.15) is 6.33 Å². The molecule has 0 radical (unpaired) electrons. The lowest BCUT2D eigenvalue weighted by atomic mass is 10.0. The van der Waals surface area contributed by atoms with Crippen molar-refractivity contribution in [1.29, 1.82) is 0 Å². The zero-order chi connectivity index (χ0) is 19.4. The average molecular weight is 421 g/mol. The van der Waals surface area contributed by atoms with Gasteiger partial charge in [-0.2, -0.15) is 0 Å². The van der Waals surface area contributed by atoms with E-state index in [9.17, 15) is 4.79 Å². The molecule has 27 heavy (non-hydrogen) atoms. The normalized spacial score (nSPS) is 12.3. The first-order valence-corrected chi connectivity index (χ1v) is 10.8. The van der Waals surface area contributed by atoms with Gasteiger partial charge in [0, 0.05) is 9.90 Å². The number of carbonyl (C=O) groups excluding carboxylic acids is 1. The number of amides is 1. The lowest BCUT2D eigenvalue weighted by Gasteiger charge is -2.21. The third-order valence-corrected chi connectivity index (χ3v) is 6.42. The Bertz CT molecular complexity index is 908. The monoisotopic (exact) mass is 420 g/mol. The van der Waals surface area contributed by atoms with Gasteiger partial charge in [0.25, 0.3) is 0 Å². The van der Waals surface area contributed by atoms with E-state index in [-0.39, 0.29) is 17.7 Å². The van der Waals surface area contributed by atoms with E-state index in [4.69, 9.17) is 11.6 Å². The number of hydrogen-bond acceptors (Lipinski definition) is 5. The summed E-state index contributed by atoms with van der Waals surface area (Å²) < 4.78 is 1.84. The van der Waals surface area contributed by atoms with E-state index in [2.05, 4.69) is 35.4 Å². The second-order valence-corrected chi connectivity index (χ2v) is 8.84. The summed E-state index contributed by atoms with van der Waals surface area (Å²) in [5.74, 6) is 0.562. The van der Waals surface area contributed by atoms with Crippen LogP contribution in [0.25, 0.3) is 5.69 Å². The van der Waals surface area contributed by atoms with E-state index in [1.165, 1.54) is 16.6 Å². The quantitative estimate of drug-likeness (QED) is 0.552. The molecule has 8 heteroatoms. The number of carbonyl (C=O) groups is 1. The predicted octanol–water partition coefficient (Wildman–Crippen LogP) is 4.90. The van der Waals surface area contributed by atoms with Crippen molar-refractivity contribution >= 4 is 40.6 Å². The highest BCUT2D eigenvalue weighted by atomic mass is 35.5.